The van der Waals surface area contributed by atoms with E-state index >= 15 is 0 Å². The molecule has 1 aliphatic rings. The van der Waals surface area contributed by atoms with Crippen LogP contribution in [-0.4, -0.2) is 25.7 Å². The summed E-state index contributed by atoms with van der Waals surface area (Å²) >= 11 is 5.83. The van der Waals surface area contributed by atoms with E-state index in [1.807, 2.05) is 6.08 Å². The Hall–Kier alpha value is -1.52. The summed E-state index contributed by atoms with van der Waals surface area (Å²) in [4.78, 5) is 11.9. The summed E-state index contributed by atoms with van der Waals surface area (Å²) in [6, 6.07) is 6.82. The number of unbranched alkanes of at least 4 members (excludes halogenated alkanes) is 1. The standard InChI is InChI=1S/C22H33ClN2O2/c1-2-3-15-24-16-5-4-6-18-7-9-19(10-8-18)17-25-22(26)27-21-13-11-20(23)12-14-21/h2,11-14,18-19,24H,1,3-10,15-17H2,(H,25,26)/t18-,19-. The molecule has 4 nitrogen and oxygen atoms in total. The molecule has 1 aliphatic carbocycles. The molecule has 150 valence electrons. The lowest BCUT2D eigenvalue weighted by molar-refractivity contribution is 0.193. The Morgan fingerprint density at radius 3 is 2.52 bits per heavy atom. The van der Waals surface area contributed by atoms with Crippen molar-refractivity contribution in [1.82, 2.24) is 10.6 Å². The van der Waals surface area contributed by atoms with E-state index < -0.39 is 0 Å². The largest absolute Gasteiger partial charge is 0.412 e. The molecule has 1 aromatic rings. The van der Waals surface area contributed by atoms with Crippen LogP contribution in [0.25, 0.3) is 0 Å². The molecule has 2 N–H and O–H groups in total. The van der Waals surface area contributed by atoms with Gasteiger partial charge in [-0.15, -0.1) is 6.58 Å². The summed E-state index contributed by atoms with van der Waals surface area (Å²) in [6.45, 7) is 6.59. The van der Waals surface area contributed by atoms with Crippen molar-refractivity contribution in [3.63, 3.8) is 0 Å². The monoisotopic (exact) mass is 392 g/mol. The summed E-state index contributed by atoms with van der Waals surface area (Å²) in [5.41, 5.74) is 0. The van der Waals surface area contributed by atoms with Gasteiger partial charge in [-0.3, -0.25) is 0 Å². The average molecular weight is 393 g/mol. The number of ether oxygens (including phenoxy) is 1. The highest BCUT2D eigenvalue weighted by Gasteiger charge is 2.21. The van der Waals surface area contributed by atoms with Crippen molar-refractivity contribution in [3.05, 3.63) is 41.9 Å². The third-order valence-electron chi connectivity index (χ3n) is 5.27. The van der Waals surface area contributed by atoms with Gasteiger partial charge in [0.2, 0.25) is 0 Å². The highest BCUT2D eigenvalue weighted by Crippen LogP contribution is 2.31. The molecule has 0 bridgehead atoms. The number of benzene rings is 1. The van der Waals surface area contributed by atoms with Crippen LogP contribution in [0.1, 0.15) is 51.4 Å². The Bertz CT molecular complexity index is 554. The summed E-state index contributed by atoms with van der Waals surface area (Å²) in [7, 11) is 0. The van der Waals surface area contributed by atoms with Crippen LogP contribution < -0.4 is 15.4 Å². The lowest BCUT2D eigenvalue weighted by Crippen LogP contribution is -2.33. The maximum atomic E-state index is 11.9. The normalized spacial score (nSPS) is 19.4. The molecule has 27 heavy (non-hydrogen) atoms. The minimum atomic E-state index is -0.386. The molecular weight excluding hydrogens is 360 g/mol. The Balaban J connectivity index is 1.51. The number of rotatable bonds is 11. The van der Waals surface area contributed by atoms with Crippen molar-refractivity contribution in [2.24, 2.45) is 11.8 Å². The lowest BCUT2D eigenvalue weighted by Gasteiger charge is -2.28. The first-order valence-electron chi connectivity index (χ1n) is 10.2. The zero-order valence-corrected chi connectivity index (χ0v) is 17.0. The number of nitrogens with one attached hydrogen (secondary N) is 2. The van der Waals surface area contributed by atoms with Gasteiger partial charge in [-0.05, 0) is 74.9 Å². The fourth-order valence-electron chi connectivity index (χ4n) is 3.61. The van der Waals surface area contributed by atoms with E-state index in [-0.39, 0.29) is 6.09 Å². The minimum absolute atomic E-state index is 0.386. The summed E-state index contributed by atoms with van der Waals surface area (Å²) in [5.74, 6) is 1.94. The number of hydrogen-bond acceptors (Lipinski definition) is 3. The molecule has 1 amide bonds. The van der Waals surface area contributed by atoms with E-state index in [9.17, 15) is 4.79 Å². The van der Waals surface area contributed by atoms with Crippen LogP contribution in [0, 0.1) is 11.8 Å². The number of carbonyl (C=O) groups is 1. The van der Waals surface area contributed by atoms with Gasteiger partial charge in [-0.2, -0.15) is 0 Å². The third kappa shape index (κ3) is 9.30. The SMILES string of the molecule is C=CCCNCCCC[C@H]1CC[C@H](CNC(=O)Oc2ccc(Cl)cc2)CC1. The molecule has 0 heterocycles. The Kier molecular flexibility index (Phi) is 10.3. The van der Waals surface area contributed by atoms with Crippen LogP contribution in [0.4, 0.5) is 4.79 Å². The smallest absolute Gasteiger partial charge is 0.410 e. The first kappa shape index (κ1) is 21.8. The van der Waals surface area contributed by atoms with E-state index in [4.69, 9.17) is 16.3 Å². The molecule has 0 atom stereocenters. The third-order valence-corrected chi connectivity index (χ3v) is 5.52. The number of amides is 1. The molecule has 0 unspecified atom stereocenters. The molecule has 0 aliphatic heterocycles. The van der Waals surface area contributed by atoms with Crippen molar-refractivity contribution in [2.45, 2.75) is 51.4 Å². The first-order valence-corrected chi connectivity index (χ1v) is 10.6. The lowest BCUT2D eigenvalue weighted by atomic mass is 9.80. The molecule has 0 saturated heterocycles. The minimum Gasteiger partial charge on any atom is -0.410 e. The van der Waals surface area contributed by atoms with Gasteiger partial charge in [0.15, 0.2) is 0 Å². The van der Waals surface area contributed by atoms with Crippen molar-refractivity contribution in [3.8, 4) is 5.75 Å². The van der Waals surface area contributed by atoms with Crippen LogP contribution in [0.2, 0.25) is 5.02 Å². The van der Waals surface area contributed by atoms with Crippen LogP contribution >= 0.6 is 11.6 Å². The van der Waals surface area contributed by atoms with Crippen LogP contribution in [0.5, 0.6) is 5.75 Å². The van der Waals surface area contributed by atoms with E-state index in [0.717, 1.165) is 25.4 Å². The van der Waals surface area contributed by atoms with E-state index in [2.05, 4.69) is 17.2 Å². The zero-order valence-electron chi connectivity index (χ0n) is 16.2. The molecule has 0 aromatic heterocycles. The predicted octanol–water partition coefficient (Wildman–Crippen LogP) is 5.57. The highest BCUT2D eigenvalue weighted by molar-refractivity contribution is 6.30. The molecule has 1 fully saturated rings. The molecule has 2 rings (SSSR count). The van der Waals surface area contributed by atoms with Gasteiger partial charge in [0, 0.05) is 11.6 Å². The van der Waals surface area contributed by atoms with Gasteiger partial charge < -0.3 is 15.4 Å². The zero-order chi connectivity index (χ0) is 19.3. The predicted molar refractivity (Wildman–Crippen MR) is 112 cm³/mol. The van der Waals surface area contributed by atoms with Crippen molar-refractivity contribution < 1.29 is 9.53 Å². The van der Waals surface area contributed by atoms with E-state index in [1.165, 1.54) is 44.9 Å². The van der Waals surface area contributed by atoms with Crippen molar-refractivity contribution >= 4 is 17.7 Å². The Morgan fingerprint density at radius 2 is 1.81 bits per heavy atom. The topological polar surface area (TPSA) is 50.4 Å². The van der Waals surface area contributed by atoms with Gasteiger partial charge >= 0.3 is 6.09 Å². The second kappa shape index (κ2) is 12.8. The number of halogens is 1. The molecular formula is C22H33ClN2O2. The quantitative estimate of drug-likeness (QED) is 0.382. The first-order chi connectivity index (χ1) is 13.2. The van der Waals surface area contributed by atoms with E-state index in [0.29, 0.717) is 23.2 Å². The molecule has 1 saturated carbocycles. The van der Waals surface area contributed by atoms with Crippen molar-refractivity contribution in [1.29, 1.82) is 0 Å². The van der Waals surface area contributed by atoms with Crippen LogP contribution in [0.3, 0.4) is 0 Å². The second-order valence-corrected chi connectivity index (χ2v) is 7.87. The number of carbonyl (C=O) groups excluding carboxylic acids is 1. The second-order valence-electron chi connectivity index (χ2n) is 7.43. The maximum absolute atomic E-state index is 11.9. The fraction of sp³-hybridized carbons (Fsp3) is 0.591. The van der Waals surface area contributed by atoms with Crippen LogP contribution in [0.15, 0.2) is 36.9 Å². The van der Waals surface area contributed by atoms with Crippen LogP contribution in [-0.2, 0) is 0 Å². The Morgan fingerprint density at radius 1 is 1.11 bits per heavy atom. The molecule has 0 spiro atoms. The summed E-state index contributed by atoms with van der Waals surface area (Å²) in [5, 5.41) is 6.97. The van der Waals surface area contributed by atoms with Gasteiger partial charge in [-0.1, -0.05) is 43.4 Å². The van der Waals surface area contributed by atoms with Crippen molar-refractivity contribution in [2.75, 3.05) is 19.6 Å². The molecule has 5 heteroatoms. The summed E-state index contributed by atoms with van der Waals surface area (Å²) in [6.07, 6.45) is 11.5. The molecule has 0 radical (unpaired) electrons. The fourth-order valence-corrected chi connectivity index (χ4v) is 3.74. The number of hydrogen-bond donors (Lipinski definition) is 2. The molecule has 1 aromatic carbocycles. The Labute approximate surface area is 168 Å². The maximum Gasteiger partial charge on any atom is 0.412 e. The average Bonchev–Trinajstić information content (AvgIpc) is 2.68. The summed E-state index contributed by atoms with van der Waals surface area (Å²) < 4.78 is 5.26. The van der Waals surface area contributed by atoms with Gasteiger partial charge in [-0.25, -0.2) is 4.79 Å². The van der Waals surface area contributed by atoms with Gasteiger partial charge in [0.1, 0.15) is 5.75 Å². The van der Waals surface area contributed by atoms with Gasteiger partial charge in [0.05, 0.1) is 0 Å². The highest BCUT2D eigenvalue weighted by atomic mass is 35.5. The van der Waals surface area contributed by atoms with E-state index in [1.54, 1.807) is 24.3 Å². The van der Waals surface area contributed by atoms with Gasteiger partial charge in [0.25, 0.3) is 0 Å².